The molecule has 1 amide bonds. The summed E-state index contributed by atoms with van der Waals surface area (Å²) in [5.74, 6) is 0.741. The normalized spacial score (nSPS) is 15.3. The molecule has 2 aromatic rings. The maximum Gasteiger partial charge on any atom is 0.270 e. The molecule has 0 spiro atoms. The van der Waals surface area contributed by atoms with Crippen molar-refractivity contribution < 1.29 is 9.53 Å². The molecule has 6 heteroatoms. The first kappa shape index (κ1) is 22.9. The number of rotatable bonds is 10. The first-order valence-electron chi connectivity index (χ1n) is 10.3. The average molecular weight is 460 g/mol. The van der Waals surface area contributed by atoms with E-state index >= 15 is 0 Å². The quantitative estimate of drug-likeness (QED) is 0.209. The molecule has 0 bridgehead atoms. The molecule has 0 atom stereocenters. The number of ether oxygens (including phenoxy) is 1. The predicted octanol–water partition coefficient (Wildman–Crippen LogP) is 7.49. The summed E-state index contributed by atoms with van der Waals surface area (Å²) in [5.41, 5.74) is 1.67. The monoisotopic (exact) mass is 459 g/mol. The number of thiocarbonyl (C=S) groups is 1. The highest BCUT2D eigenvalue weighted by atomic mass is 35.5. The van der Waals surface area contributed by atoms with Gasteiger partial charge in [-0.05, 0) is 54.5 Å². The summed E-state index contributed by atoms with van der Waals surface area (Å²) in [5, 5.41) is 0.624. The molecule has 0 unspecified atom stereocenters. The van der Waals surface area contributed by atoms with Gasteiger partial charge < -0.3 is 4.74 Å². The van der Waals surface area contributed by atoms with Crippen LogP contribution in [0, 0.1) is 0 Å². The minimum atomic E-state index is -0.115. The highest BCUT2D eigenvalue weighted by Crippen LogP contribution is 2.36. The van der Waals surface area contributed by atoms with Crippen LogP contribution < -0.4 is 9.64 Å². The number of halogens is 1. The van der Waals surface area contributed by atoms with E-state index in [0.29, 0.717) is 14.2 Å². The van der Waals surface area contributed by atoms with Gasteiger partial charge in [-0.3, -0.25) is 9.69 Å². The third kappa shape index (κ3) is 6.34. The van der Waals surface area contributed by atoms with Gasteiger partial charge in [0.2, 0.25) is 0 Å². The van der Waals surface area contributed by atoms with E-state index in [1.54, 1.807) is 29.2 Å². The van der Waals surface area contributed by atoms with E-state index in [1.807, 2.05) is 30.3 Å². The Hall–Kier alpha value is -1.82. The number of carbonyl (C=O) groups is 1. The molecule has 1 fully saturated rings. The molecular formula is C24H26ClNO2S2. The molecular weight excluding hydrogens is 434 g/mol. The Morgan fingerprint density at radius 3 is 2.37 bits per heavy atom. The SMILES string of the molecule is CCCCCCCCOc1ccc(C=C2SC(=S)N(c3ccc(Cl)cc3)C2=O)cc1. The van der Waals surface area contributed by atoms with Gasteiger partial charge in [0.1, 0.15) is 5.75 Å². The summed E-state index contributed by atoms with van der Waals surface area (Å²) in [6.07, 6.45) is 9.35. The van der Waals surface area contributed by atoms with E-state index in [4.69, 9.17) is 28.6 Å². The predicted molar refractivity (Wildman–Crippen MR) is 132 cm³/mol. The van der Waals surface area contributed by atoms with E-state index in [2.05, 4.69) is 6.92 Å². The summed E-state index contributed by atoms with van der Waals surface area (Å²) < 4.78 is 6.35. The van der Waals surface area contributed by atoms with E-state index in [9.17, 15) is 4.79 Å². The van der Waals surface area contributed by atoms with Crippen molar-refractivity contribution in [3.8, 4) is 5.75 Å². The van der Waals surface area contributed by atoms with Crippen molar-refractivity contribution in [1.82, 2.24) is 0 Å². The third-order valence-electron chi connectivity index (χ3n) is 4.82. The van der Waals surface area contributed by atoms with Crippen LogP contribution >= 0.6 is 35.6 Å². The summed E-state index contributed by atoms with van der Waals surface area (Å²) in [6, 6.07) is 14.9. The number of nitrogens with zero attached hydrogens (tertiary/aromatic N) is 1. The molecule has 3 nitrogen and oxygen atoms in total. The van der Waals surface area contributed by atoms with Gasteiger partial charge in [0.15, 0.2) is 4.32 Å². The van der Waals surface area contributed by atoms with Crippen molar-refractivity contribution in [3.63, 3.8) is 0 Å². The Morgan fingerprint density at radius 2 is 1.67 bits per heavy atom. The van der Waals surface area contributed by atoms with Crippen LogP contribution in [-0.4, -0.2) is 16.8 Å². The summed E-state index contributed by atoms with van der Waals surface area (Å²) in [4.78, 5) is 15.0. The lowest BCUT2D eigenvalue weighted by molar-refractivity contribution is -0.113. The van der Waals surface area contributed by atoms with Crippen LogP contribution in [-0.2, 0) is 4.79 Å². The maximum atomic E-state index is 12.8. The number of benzene rings is 2. The lowest BCUT2D eigenvalue weighted by Crippen LogP contribution is -2.27. The van der Waals surface area contributed by atoms with Gasteiger partial charge in [0.25, 0.3) is 5.91 Å². The summed E-state index contributed by atoms with van der Waals surface area (Å²) in [6.45, 7) is 2.97. The first-order chi connectivity index (χ1) is 14.6. The maximum absolute atomic E-state index is 12.8. The van der Waals surface area contributed by atoms with Crippen LogP contribution in [0.1, 0.15) is 51.0 Å². The van der Waals surface area contributed by atoms with E-state index in [-0.39, 0.29) is 5.91 Å². The molecule has 2 aromatic carbocycles. The van der Waals surface area contributed by atoms with E-state index in [0.717, 1.165) is 30.0 Å². The number of unbranched alkanes of at least 4 members (excludes halogenated alkanes) is 5. The zero-order valence-corrected chi connectivity index (χ0v) is 19.5. The second-order valence-corrected chi connectivity index (χ2v) is 9.29. The van der Waals surface area contributed by atoms with Crippen molar-refractivity contribution in [2.75, 3.05) is 11.5 Å². The second-order valence-electron chi connectivity index (χ2n) is 7.18. The topological polar surface area (TPSA) is 29.5 Å². The zero-order valence-electron chi connectivity index (χ0n) is 17.1. The fraction of sp³-hybridized carbons (Fsp3) is 0.333. The third-order valence-corrected chi connectivity index (χ3v) is 6.38. The molecule has 1 saturated heterocycles. The summed E-state index contributed by atoms with van der Waals surface area (Å²) in [7, 11) is 0. The highest BCUT2D eigenvalue weighted by Gasteiger charge is 2.33. The zero-order chi connectivity index (χ0) is 21.3. The Bertz CT molecular complexity index is 894. The van der Waals surface area contributed by atoms with Crippen molar-refractivity contribution in [2.24, 2.45) is 0 Å². The smallest absolute Gasteiger partial charge is 0.270 e. The van der Waals surface area contributed by atoms with Gasteiger partial charge in [-0.1, -0.05) is 86.7 Å². The largest absolute Gasteiger partial charge is 0.494 e. The Kier molecular flexibility index (Phi) is 8.79. The van der Waals surface area contributed by atoms with Gasteiger partial charge in [0, 0.05) is 5.02 Å². The molecule has 1 aliphatic rings. The second kappa shape index (κ2) is 11.5. The molecule has 0 aromatic heterocycles. The average Bonchev–Trinajstić information content (AvgIpc) is 3.02. The van der Waals surface area contributed by atoms with Gasteiger partial charge in [-0.15, -0.1) is 0 Å². The Balaban J connectivity index is 1.54. The number of thioether (sulfide) groups is 1. The molecule has 158 valence electrons. The first-order valence-corrected chi connectivity index (χ1v) is 11.9. The van der Waals surface area contributed by atoms with Crippen molar-refractivity contribution in [2.45, 2.75) is 45.4 Å². The lowest BCUT2D eigenvalue weighted by Gasteiger charge is -2.14. The molecule has 1 aliphatic heterocycles. The number of amides is 1. The molecule has 0 aliphatic carbocycles. The van der Waals surface area contributed by atoms with Crippen LogP contribution in [0.4, 0.5) is 5.69 Å². The number of carbonyl (C=O) groups excluding carboxylic acids is 1. The summed E-state index contributed by atoms with van der Waals surface area (Å²) >= 11 is 12.7. The Labute approximate surface area is 193 Å². The lowest BCUT2D eigenvalue weighted by atomic mass is 10.1. The van der Waals surface area contributed by atoms with Crippen LogP contribution in [0.2, 0.25) is 5.02 Å². The van der Waals surface area contributed by atoms with Crippen molar-refractivity contribution >= 4 is 57.6 Å². The molecule has 30 heavy (non-hydrogen) atoms. The minimum absolute atomic E-state index is 0.115. The van der Waals surface area contributed by atoms with Gasteiger partial charge in [-0.25, -0.2) is 0 Å². The number of anilines is 1. The van der Waals surface area contributed by atoms with Gasteiger partial charge >= 0.3 is 0 Å². The molecule has 0 radical (unpaired) electrons. The Morgan fingerprint density at radius 1 is 1.00 bits per heavy atom. The molecule has 3 rings (SSSR count). The highest BCUT2D eigenvalue weighted by molar-refractivity contribution is 8.27. The number of hydrogen-bond acceptors (Lipinski definition) is 4. The standard InChI is InChI=1S/C24H26ClNO2S2/c1-2-3-4-5-6-7-16-28-21-14-8-18(9-15-21)17-22-23(27)26(24(29)30-22)20-12-10-19(25)11-13-20/h8-15,17H,2-7,16H2,1H3. The minimum Gasteiger partial charge on any atom is -0.494 e. The van der Waals surface area contributed by atoms with Crippen LogP contribution in [0.5, 0.6) is 5.75 Å². The number of hydrogen-bond donors (Lipinski definition) is 0. The van der Waals surface area contributed by atoms with E-state index in [1.165, 1.54) is 43.9 Å². The van der Waals surface area contributed by atoms with Crippen molar-refractivity contribution in [3.05, 3.63) is 64.0 Å². The van der Waals surface area contributed by atoms with Crippen LogP contribution in [0.15, 0.2) is 53.4 Å². The fourth-order valence-corrected chi connectivity index (χ4v) is 4.59. The van der Waals surface area contributed by atoms with E-state index < -0.39 is 0 Å². The van der Waals surface area contributed by atoms with Crippen molar-refractivity contribution in [1.29, 1.82) is 0 Å². The molecule has 0 saturated carbocycles. The van der Waals surface area contributed by atoms with Crippen LogP contribution in [0.25, 0.3) is 6.08 Å². The molecule has 1 heterocycles. The van der Waals surface area contributed by atoms with Crippen LogP contribution in [0.3, 0.4) is 0 Å². The fourth-order valence-electron chi connectivity index (χ4n) is 3.16. The van der Waals surface area contributed by atoms with Gasteiger partial charge in [-0.2, -0.15) is 0 Å². The molecule has 0 N–H and O–H groups in total. The van der Waals surface area contributed by atoms with Gasteiger partial charge in [0.05, 0.1) is 17.2 Å².